The Hall–Kier alpha value is -2.11. The largest absolute Gasteiger partial charge is 0.398 e. The van der Waals surface area contributed by atoms with Gasteiger partial charge in [-0.2, -0.15) is 0 Å². The van der Waals surface area contributed by atoms with Crippen LogP contribution in [0.2, 0.25) is 0 Å². The summed E-state index contributed by atoms with van der Waals surface area (Å²) >= 11 is 0. The van der Waals surface area contributed by atoms with Gasteiger partial charge >= 0.3 is 0 Å². The van der Waals surface area contributed by atoms with Crippen LogP contribution in [0.4, 0.5) is 10.1 Å². The van der Waals surface area contributed by atoms with Gasteiger partial charge in [0.15, 0.2) is 0 Å². The van der Waals surface area contributed by atoms with Gasteiger partial charge < -0.3 is 16.0 Å². The van der Waals surface area contributed by atoms with Crippen LogP contribution in [0.25, 0.3) is 0 Å². The van der Waals surface area contributed by atoms with Crippen molar-refractivity contribution in [3.63, 3.8) is 0 Å². The van der Waals surface area contributed by atoms with Gasteiger partial charge in [-0.05, 0) is 31.0 Å². The van der Waals surface area contributed by atoms with Crippen LogP contribution in [0, 0.1) is 5.82 Å². The molecule has 1 saturated heterocycles. The maximum atomic E-state index is 12.9. The molecule has 1 aliphatic rings. The number of amides is 2. The molecule has 20 heavy (non-hydrogen) atoms. The number of likely N-dealkylation sites (tertiary alicyclic amines) is 1. The van der Waals surface area contributed by atoms with Crippen molar-refractivity contribution in [2.24, 2.45) is 0 Å². The Bertz CT molecular complexity index is 525. The van der Waals surface area contributed by atoms with E-state index in [9.17, 15) is 14.0 Å². The highest BCUT2D eigenvalue weighted by molar-refractivity contribution is 5.99. The highest BCUT2D eigenvalue weighted by atomic mass is 19.1. The Morgan fingerprint density at radius 3 is 2.55 bits per heavy atom. The van der Waals surface area contributed by atoms with Crippen LogP contribution in [-0.2, 0) is 4.79 Å². The minimum absolute atomic E-state index is 0.0163. The number of hydrogen-bond donors (Lipinski definition) is 2. The SMILES string of the molecule is CC(=O)N1CCC(NC(=O)c2ccc(F)cc2N)CC1. The quantitative estimate of drug-likeness (QED) is 0.797. The Labute approximate surface area is 116 Å². The summed E-state index contributed by atoms with van der Waals surface area (Å²) in [5.74, 6) is -0.713. The first-order valence-electron chi connectivity index (χ1n) is 6.59. The third-order valence-electron chi connectivity index (χ3n) is 3.53. The van der Waals surface area contributed by atoms with Gasteiger partial charge in [0, 0.05) is 31.7 Å². The molecule has 108 valence electrons. The summed E-state index contributed by atoms with van der Waals surface area (Å²) in [4.78, 5) is 25.0. The molecule has 2 rings (SSSR count). The van der Waals surface area contributed by atoms with E-state index >= 15 is 0 Å². The lowest BCUT2D eigenvalue weighted by molar-refractivity contribution is -0.129. The molecule has 0 saturated carbocycles. The summed E-state index contributed by atoms with van der Waals surface area (Å²) < 4.78 is 12.9. The van der Waals surface area contributed by atoms with Crippen molar-refractivity contribution < 1.29 is 14.0 Å². The number of hydrogen-bond acceptors (Lipinski definition) is 3. The first-order chi connectivity index (χ1) is 9.47. The fourth-order valence-corrected chi connectivity index (χ4v) is 2.34. The molecule has 2 amide bonds. The fraction of sp³-hybridized carbons (Fsp3) is 0.429. The van der Waals surface area contributed by atoms with Crippen molar-refractivity contribution in [2.75, 3.05) is 18.8 Å². The van der Waals surface area contributed by atoms with Gasteiger partial charge in [-0.3, -0.25) is 9.59 Å². The number of piperidine rings is 1. The van der Waals surface area contributed by atoms with Gasteiger partial charge in [-0.25, -0.2) is 4.39 Å². The maximum absolute atomic E-state index is 12.9. The van der Waals surface area contributed by atoms with Gasteiger partial charge in [0.05, 0.1) is 5.56 Å². The number of halogens is 1. The van der Waals surface area contributed by atoms with Crippen LogP contribution in [0.1, 0.15) is 30.1 Å². The molecular formula is C14H18FN3O2. The Kier molecular flexibility index (Phi) is 4.22. The number of benzene rings is 1. The molecule has 1 fully saturated rings. The topological polar surface area (TPSA) is 75.4 Å². The first kappa shape index (κ1) is 14.3. The van der Waals surface area contributed by atoms with Gasteiger partial charge in [0.1, 0.15) is 5.82 Å². The van der Waals surface area contributed by atoms with Crippen LogP contribution in [0.5, 0.6) is 0 Å². The van der Waals surface area contributed by atoms with Gasteiger partial charge in [-0.15, -0.1) is 0 Å². The number of rotatable bonds is 2. The molecule has 6 heteroatoms. The van der Waals surface area contributed by atoms with E-state index in [1.807, 2.05) is 0 Å². The lowest BCUT2D eigenvalue weighted by Gasteiger charge is -2.31. The maximum Gasteiger partial charge on any atom is 0.253 e. The number of anilines is 1. The lowest BCUT2D eigenvalue weighted by atomic mass is 10.0. The van der Waals surface area contributed by atoms with Crippen LogP contribution in [0.3, 0.4) is 0 Å². The molecule has 1 aromatic rings. The smallest absolute Gasteiger partial charge is 0.253 e. The van der Waals surface area contributed by atoms with Gasteiger partial charge in [0.25, 0.3) is 5.91 Å². The predicted octanol–water partition coefficient (Wildman–Crippen LogP) is 1.15. The summed E-state index contributed by atoms with van der Waals surface area (Å²) in [5.41, 5.74) is 6.04. The molecule has 0 unspecified atom stereocenters. The van der Waals surface area contributed by atoms with E-state index in [4.69, 9.17) is 5.73 Å². The van der Waals surface area contributed by atoms with Crippen LogP contribution in [-0.4, -0.2) is 35.8 Å². The van der Waals surface area contributed by atoms with Crippen molar-refractivity contribution in [3.05, 3.63) is 29.6 Å². The summed E-state index contributed by atoms with van der Waals surface area (Å²) in [7, 11) is 0. The zero-order chi connectivity index (χ0) is 14.7. The highest BCUT2D eigenvalue weighted by Crippen LogP contribution is 2.15. The van der Waals surface area contributed by atoms with Crippen LogP contribution < -0.4 is 11.1 Å². The number of nitrogen functional groups attached to an aromatic ring is 1. The molecular weight excluding hydrogens is 261 g/mol. The molecule has 0 bridgehead atoms. The van der Waals surface area contributed by atoms with Crippen LogP contribution >= 0.6 is 0 Å². The van der Waals surface area contributed by atoms with E-state index < -0.39 is 5.82 Å². The average Bonchev–Trinajstić information content (AvgIpc) is 2.39. The predicted molar refractivity (Wildman–Crippen MR) is 73.6 cm³/mol. The molecule has 0 aliphatic carbocycles. The molecule has 5 nitrogen and oxygen atoms in total. The minimum atomic E-state index is -0.464. The van der Waals surface area contributed by atoms with E-state index in [-0.39, 0.29) is 29.1 Å². The molecule has 1 heterocycles. The van der Waals surface area contributed by atoms with Crippen molar-refractivity contribution in [1.82, 2.24) is 10.2 Å². The molecule has 0 atom stereocenters. The van der Waals surface area contributed by atoms with E-state index in [1.165, 1.54) is 19.1 Å². The second-order valence-electron chi connectivity index (χ2n) is 4.99. The minimum Gasteiger partial charge on any atom is -0.398 e. The van der Waals surface area contributed by atoms with E-state index in [1.54, 1.807) is 4.90 Å². The number of carbonyl (C=O) groups is 2. The van der Waals surface area contributed by atoms with Crippen molar-refractivity contribution in [1.29, 1.82) is 0 Å². The molecule has 1 aromatic carbocycles. The first-order valence-corrected chi connectivity index (χ1v) is 6.59. The van der Waals surface area contributed by atoms with Gasteiger partial charge in [-0.1, -0.05) is 0 Å². The normalized spacial score (nSPS) is 16.0. The summed E-state index contributed by atoms with van der Waals surface area (Å²) in [6.07, 6.45) is 1.43. The highest BCUT2D eigenvalue weighted by Gasteiger charge is 2.22. The lowest BCUT2D eigenvalue weighted by Crippen LogP contribution is -2.46. The molecule has 1 aliphatic heterocycles. The zero-order valence-electron chi connectivity index (χ0n) is 11.4. The van der Waals surface area contributed by atoms with Crippen LogP contribution in [0.15, 0.2) is 18.2 Å². The van der Waals surface area contributed by atoms with Crippen molar-refractivity contribution >= 4 is 17.5 Å². The third-order valence-corrected chi connectivity index (χ3v) is 3.53. The standard InChI is InChI=1S/C14H18FN3O2/c1-9(19)18-6-4-11(5-7-18)17-14(20)12-3-2-10(15)8-13(12)16/h2-3,8,11H,4-7,16H2,1H3,(H,17,20). The Morgan fingerprint density at radius 2 is 2.00 bits per heavy atom. The Morgan fingerprint density at radius 1 is 1.35 bits per heavy atom. The molecule has 0 spiro atoms. The average molecular weight is 279 g/mol. The second-order valence-corrected chi connectivity index (χ2v) is 4.99. The molecule has 0 aromatic heterocycles. The van der Waals surface area contributed by atoms with Crippen molar-refractivity contribution in [2.45, 2.75) is 25.8 Å². The summed E-state index contributed by atoms with van der Waals surface area (Å²) in [6.45, 7) is 2.82. The van der Waals surface area contributed by atoms with E-state index in [0.29, 0.717) is 25.9 Å². The molecule has 3 N–H and O–H groups in total. The third kappa shape index (κ3) is 3.26. The zero-order valence-corrected chi connectivity index (χ0v) is 11.4. The number of nitrogens with zero attached hydrogens (tertiary/aromatic N) is 1. The molecule has 0 radical (unpaired) electrons. The Balaban J connectivity index is 1.94. The van der Waals surface area contributed by atoms with E-state index in [2.05, 4.69) is 5.32 Å². The summed E-state index contributed by atoms with van der Waals surface area (Å²) in [6, 6.07) is 3.74. The number of carbonyl (C=O) groups excluding carboxylic acids is 2. The van der Waals surface area contributed by atoms with Crippen molar-refractivity contribution in [3.8, 4) is 0 Å². The summed E-state index contributed by atoms with van der Waals surface area (Å²) in [5, 5.41) is 2.88. The fourth-order valence-electron chi connectivity index (χ4n) is 2.34. The monoisotopic (exact) mass is 279 g/mol. The number of nitrogens with one attached hydrogen (secondary N) is 1. The second kappa shape index (κ2) is 5.90. The van der Waals surface area contributed by atoms with Gasteiger partial charge in [0.2, 0.25) is 5.91 Å². The van der Waals surface area contributed by atoms with E-state index in [0.717, 1.165) is 6.07 Å². The number of nitrogens with two attached hydrogens (primary N) is 1.